The number of urea groups is 1. The maximum Gasteiger partial charge on any atom is 0.322 e. The number of nitrogens with zero attached hydrogens (tertiary/aromatic N) is 2. The molecule has 0 aromatic carbocycles. The van der Waals surface area contributed by atoms with Crippen LogP contribution in [0.3, 0.4) is 0 Å². The largest absolute Gasteiger partial charge is 0.455 e. The molecule has 4 amide bonds. The highest BCUT2D eigenvalue weighted by Gasteiger charge is 2.48. The van der Waals surface area contributed by atoms with E-state index in [1.807, 2.05) is 0 Å². The van der Waals surface area contributed by atoms with Gasteiger partial charge in [-0.1, -0.05) is 0 Å². The maximum absolute atomic E-state index is 12.8. The first kappa shape index (κ1) is 18.9. The third kappa shape index (κ3) is 2.98. The number of sulfonamides is 1. The lowest BCUT2D eigenvalue weighted by Crippen LogP contribution is -2.55. The highest BCUT2D eigenvalue weighted by molar-refractivity contribution is 7.89. The fourth-order valence-corrected chi connectivity index (χ4v) is 5.70. The number of likely N-dealkylation sites (tertiary alicyclic amines) is 1. The Morgan fingerprint density at radius 1 is 1.14 bits per heavy atom. The molecule has 3 aliphatic heterocycles. The van der Waals surface area contributed by atoms with E-state index in [0.717, 1.165) is 12.8 Å². The molecule has 2 N–H and O–H groups in total. The Balaban J connectivity index is 1.49. The van der Waals surface area contributed by atoms with Gasteiger partial charge in [0.1, 0.15) is 16.2 Å². The lowest BCUT2D eigenvalue weighted by Gasteiger charge is -2.36. The number of aryl methyl sites for hydroxylation is 1. The predicted molar refractivity (Wildman–Crippen MR) is 96.0 cm³/mol. The molecule has 28 heavy (non-hydrogen) atoms. The summed E-state index contributed by atoms with van der Waals surface area (Å²) in [5.41, 5.74) is -0.975. The number of imide groups is 1. The number of furan rings is 1. The number of hydrogen-bond donors (Lipinski definition) is 2. The summed E-state index contributed by atoms with van der Waals surface area (Å²) in [6, 6.07) is 0.767. The van der Waals surface area contributed by atoms with Gasteiger partial charge in [0.25, 0.3) is 11.8 Å². The van der Waals surface area contributed by atoms with Crippen LogP contribution in [0.15, 0.2) is 15.4 Å². The van der Waals surface area contributed by atoms with Crippen LogP contribution in [0.5, 0.6) is 0 Å². The highest BCUT2D eigenvalue weighted by atomic mass is 32.2. The lowest BCUT2D eigenvalue weighted by atomic mass is 9.87. The molecule has 1 spiro atoms. The molecule has 0 atom stereocenters. The van der Waals surface area contributed by atoms with Gasteiger partial charge < -0.3 is 14.6 Å². The summed E-state index contributed by atoms with van der Waals surface area (Å²) in [6.45, 7) is 2.97. The minimum atomic E-state index is -3.68. The van der Waals surface area contributed by atoms with Crippen molar-refractivity contribution in [3.63, 3.8) is 0 Å². The summed E-state index contributed by atoms with van der Waals surface area (Å²) in [5, 5.41) is 4.86. The Kier molecular flexibility index (Phi) is 4.46. The molecule has 0 aliphatic carbocycles. The average molecular weight is 410 g/mol. The van der Waals surface area contributed by atoms with E-state index in [0.29, 0.717) is 13.1 Å². The minimum Gasteiger partial charge on any atom is -0.455 e. The average Bonchev–Trinajstić information content (AvgIpc) is 3.36. The molecule has 0 bridgehead atoms. The van der Waals surface area contributed by atoms with Crippen LogP contribution in [-0.2, 0) is 14.8 Å². The van der Waals surface area contributed by atoms with Crippen LogP contribution in [0.4, 0.5) is 4.79 Å². The van der Waals surface area contributed by atoms with Crippen molar-refractivity contribution in [2.24, 2.45) is 0 Å². The van der Waals surface area contributed by atoms with E-state index >= 15 is 0 Å². The SMILES string of the molecule is Cc1oc(C(=O)N2CCC3(CC2)NC(=O)NC3=O)cc1S(=O)(=O)N1CCCC1. The van der Waals surface area contributed by atoms with Crippen LogP contribution in [0, 0.1) is 6.92 Å². The first-order chi connectivity index (χ1) is 13.2. The molecule has 3 saturated heterocycles. The minimum absolute atomic E-state index is 0.0219. The Labute approximate surface area is 162 Å². The fourth-order valence-electron chi connectivity index (χ4n) is 4.02. The van der Waals surface area contributed by atoms with Gasteiger partial charge in [0.15, 0.2) is 5.76 Å². The van der Waals surface area contributed by atoms with Crippen molar-refractivity contribution in [2.75, 3.05) is 26.2 Å². The van der Waals surface area contributed by atoms with Crippen LogP contribution in [0.25, 0.3) is 0 Å². The van der Waals surface area contributed by atoms with Crippen molar-refractivity contribution < 1.29 is 27.2 Å². The summed E-state index contributed by atoms with van der Waals surface area (Å²) in [6.07, 6.45) is 2.22. The third-order valence-electron chi connectivity index (χ3n) is 5.68. The van der Waals surface area contributed by atoms with Gasteiger partial charge in [-0.25, -0.2) is 13.2 Å². The van der Waals surface area contributed by atoms with E-state index in [1.165, 1.54) is 22.2 Å². The molecule has 1 aromatic heterocycles. The normalized spacial score (nSPS) is 22.5. The molecule has 0 radical (unpaired) electrons. The number of hydrogen-bond acceptors (Lipinski definition) is 6. The number of nitrogens with one attached hydrogen (secondary N) is 2. The van der Waals surface area contributed by atoms with Gasteiger partial charge >= 0.3 is 6.03 Å². The highest BCUT2D eigenvalue weighted by Crippen LogP contribution is 2.29. The monoisotopic (exact) mass is 410 g/mol. The summed E-state index contributed by atoms with van der Waals surface area (Å²) >= 11 is 0. The van der Waals surface area contributed by atoms with Crippen molar-refractivity contribution >= 4 is 27.9 Å². The number of piperidine rings is 1. The molecule has 152 valence electrons. The standard InChI is InChI=1S/C17H22N4O6S/c1-11-13(28(25,26)21-6-2-3-7-21)10-12(27-11)14(22)20-8-4-17(5-9-20)15(23)18-16(24)19-17/h10H,2-9H2,1H3,(H2,18,19,23,24). The van der Waals surface area contributed by atoms with Crippen LogP contribution < -0.4 is 10.6 Å². The number of amides is 4. The van der Waals surface area contributed by atoms with Crippen molar-refractivity contribution in [1.82, 2.24) is 19.8 Å². The van der Waals surface area contributed by atoms with E-state index in [1.54, 1.807) is 0 Å². The van der Waals surface area contributed by atoms with Gasteiger partial charge in [-0.15, -0.1) is 0 Å². The zero-order chi connectivity index (χ0) is 20.1. The molecule has 0 saturated carbocycles. The second-order valence-electron chi connectivity index (χ2n) is 7.42. The quantitative estimate of drug-likeness (QED) is 0.684. The van der Waals surface area contributed by atoms with Crippen molar-refractivity contribution in [1.29, 1.82) is 0 Å². The van der Waals surface area contributed by atoms with Gasteiger partial charge in [0, 0.05) is 32.2 Å². The predicted octanol–water partition coefficient (Wildman–Crippen LogP) is 0.187. The fraction of sp³-hybridized carbons (Fsp3) is 0.588. The molecule has 3 fully saturated rings. The van der Waals surface area contributed by atoms with Crippen molar-refractivity contribution in [2.45, 2.75) is 43.0 Å². The molecule has 10 nitrogen and oxygen atoms in total. The Hall–Kier alpha value is -2.40. The molecule has 3 aliphatic rings. The van der Waals surface area contributed by atoms with Gasteiger partial charge in [0.05, 0.1) is 0 Å². The van der Waals surface area contributed by atoms with Gasteiger partial charge in [-0.2, -0.15) is 4.31 Å². The summed E-state index contributed by atoms with van der Waals surface area (Å²) in [7, 11) is -3.68. The first-order valence-electron chi connectivity index (χ1n) is 9.26. The van der Waals surface area contributed by atoms with E-state index in [2.05, 4.69) is 10.6 Å². The summed E-state index contributed by atoms with van der Waals surface area (Å²) in [5.74, 6) is -0.653. The second-order valence-corrected chi connectivity index (χ2v) is 9.33. The van der Waals surface area contributed by atoms with E-state index < -0.39 is 27.5 Å². The van der Waals surface area contributed by atoms with Gasteiger partial charge in [-0.3, -0.25) is 14.9 Å². The first-order valence-corrected chi connectivity index (χ1v) is 10.7. The number of rotatable bonds is 3. The van der Waals surface area contributed by atoms with Crippen molar-refractivity contribution in [3.8, 4) is 0 Å². The van der Waals surface area contributed by atoms with Gasteiger partial charge in [0.2, 0.25) is 10.0 Å². The Bertz CT molecular complexity index is 939. The third-order valence-corrected chi connectivity index (χ3v) is 7.69. The van der Waals surface area contributed by atoms with Crippen molar-refractivity contribution in [3.05, 3.63) is 17.6 Å². The van der Waals surface area contributed by atoms with Crippen LogP contribution in [0.2, 0.25) is 0 Å². The van der Waals surface area contributed by atoms with Crippen LogP contribution >= 0.6 is 0 Å². The zero-order valence-electron chi connectivity index (χ0n) is 15.5. The molecule has 0 unspecified atom stereocenters. The molecule has 1 aromatic rings. The Morgan fingerprint density at radius 2 is 1.79 bits per heavy atom. The number of carbonyl (C=O) groups is 3. The topological polar surface area (TPSA) is 129 Å². The molecule has 11 heteroatoms. The molecule has 4 heterocycles. The molecular formula is C17H22N4O6S. The lowest BCUT2D eigenvalue weighted by molar-refractivity contribution is -0.125. The van der Waals surface area contributed by atoms with Gasteiger partial charge in [-0.05, 0) is 32.6 Å². The summed E-state index contributed by atoms with van der Waals surface area (Å²) in [4.78, 5) is 37.7. The smallest absolute Gasteiger partial charge is 0.322 e. The number of carbonyl (C=O) groups excluding carboxylic acids is 3. The van der Waals surface area contributed by atoms with E-state index in [4.69, 9.17) is 4.42 Å². The van der Waals surface area contributed by atoms with Crippen LogP contribution in [0.1, 0.15) is 42.0 Å². The zero-order valence-corrected chi connectivity index (χ0v) is 16.3. The summed E-state index contributed by atoms with van der Waals surface area (Å²) < 4.78 is 32.4. The van der Waals surface area contributed by atoms with E-state index in [-0.39, 0.29) is 48.3 Å². The maximum atomic E-state index is 12.8. The van der Waals surface area contributed by atoms with E-state index in [9.17, 15) is 22.8 Å². The Morgan fingerprint density at radius 3 is 2.36 bits per heavy atom. The van der Waals surface area contributed by atoms with Crippen LogP contribution in [-0.4, -0.2) is 67.2 Å². The molecular weight excluding hydrogens is 388 g/mol. The molecule has 4 rings (SSSR count). The second kappa shape index (κ2) is 6.59.